The Hall–Kier alpha value is -2.76. The molecule has 25 heavy (non-hydrogen) atoms. The van der Waals surface area contributed by atoms with E-state index in [1.165, 1.54) is 0 Å². The highest BCUT2D eigenvalue weighted by atomic mass is 16.5. The number of hydrogen-bond acceptors (Lipinski definition) is 4. The third-order valence-electron chi connectivity index (χ3n) is 4.21. The summed E-state index contributed by atoms with van der Waals surface area (Å²) in [5.41, 5.74) is 4.66. The van der Waals surface area contributed by atoms with E-state index in [-0.39, 0.29) is 12.1 Å². The van der Waals surface area contributed by atoms with Crippen LogP contribution >= 0.6 is 0 Å². The molecule has 0 spiro atoms. The highest BCUT2D eigenvalue weighted by Gasteiger charge is 2.19. The van der Waals surface area contributed by atoms with Crippen LogP contribution in [0.4, 0.5) is 10.5 Å². The van der Waals surface area contributed by atoms with Gasteiger partial charge in [0, 0.05) is 23.4 Å². The van der Waals surface area contributed by atoms with E-state index in [1.54, 1.807) is 7.11 Å². The summed E-state index contributed by atoms with van der Waals surface area (Å²) in [7, 11) is 1.58. The Morgan fingerprint density at radius 2 is 2.16 bits per heavy atom. The van der Waals surface area contributed by atoms with E-state index >= 15 is 0 Å². The van der Waals surface area contributed by atoms with Gasteiger partial charge in [-0.25, -0.2) is 9.78 Å². The summed E-state index contributed by atoms with van der Waals surface area (Å²) in [5, 5.41) is 5.72. The summed E-state index contributed by atoms with van der Waals surface area (Å²) in [6, 6.07) is 7.40. The second kappa shape index (κ2) is 7.01. The topological polar surface area (TPSA) is 72.5 Å². The molecule has 0 saturated carbocycles. The van der Waals surface area contributed by atoms with Gasteiger partial charge in [-0.1, -0.05) is 0 Å². The average molecular weight is 341 g/mol. The van der Waals surface area contributed by atoms with Crippen molar-refractivity contribution in [1.29, 1.82) is 0 Å². The molecule has 0 unspecified atom stereocenters. The number of methoxy groups -OCH3 is 1. The van der Waals surface area contributed by atoms with Gasteiger partial charge in [0.25, 0.3) is 0 Å². The average Bonchev–Trinajstić information content (AvgIpc) is 2.92. The van der Waals surface area contributed by atoms with Crippen molar-refractivity contribution < 1.29 is 14.3 Å². The zero-order valence-corrected chi connectivity index (χ0v) is 15.0. The van der Waals surface area contributed by atoms with Crippen molar-refractivity contribution in [3.8, 4) is 11.6 Å². The molecule has 1 atom stereocenters. The Morgan fingerprint density at radius 1 is 1.36 bits per heavy atom. The number of carbonyl (C=O) groups excluding carboxylic acids is 1. The SMILES string of the molecule is COc1nc(C)cc(C)c1CNC(=O)Nc1ccc2c(c1)C[C@@H](C)O2. The lowest BCUT2D eigenvalue weighted by Gasteiger charge is -2.13. The van der Waals surface area contributed by atoms with E-state index in [0.29, 0.717) is 12.4 Å². The number of carbonyl (C=O) groups is 1. The predicted octanol–water partition coefficient (Wildman–Crippen LogP) is 3.35. The molecular formula is C19H23N3O3. The van der Waals surface area contributed by atoms with Gasteiger partial charge in [0.05, 0.1) is 13.7 Å². The van der Waals surface area contributed by atoms with Crippen LogP contribution in [0.15, 0.2) is 24.3 Å². The number of hydrogen-bond donors (Lipinski definition) is 2. The van der Waals surface area contributed by atoms with Crippen LogP contribution in [-0.2, 0) is 13.0 Å². The molecule has 0 bridgehead atoms. The third kappa shape index (κ3) is 3.84. The van der Waals surface area contributed by atoms with Crippen LogP contribution in [0, 0.1) is 13.8 Å². The molecule has 0 saturated heterocycles. The molecule has 3 rings (SSSR count). The molecule has 1 aliphatic heterocycles. The van der Waals surface area contributed by atoms with Crippen LogP contribution in [0.1, 0.15) is 29.3 Å². The van der Waals surface area contributed by atoms with Gasteiger partial charge in [0.15, 0.2) is 0 Å². The van der Waals surface area contributed by atoms with Gasteiger partial charge in [-0.2, -0.15) is 0 Å². The fourth-order valence-electron chi connectivity index (χ4n) is 3.06. The van der Waals surface area contributed by atoms with Crippen LogP contribution in [0.3, 0.4) is 0 Å². The van der Waals surface area contributed by atoms with Crippen molar-refractivity contribution in [2.24, 2.45) is 0 Å². The molecule has 1 aromatic heterocycles. The summed E-state index contributed by atoms with van der Waals surface area (Å²) in [4.78, 5) is 16.6. The maximum atomic E-state index is 12.2. The largest absolute Gasteiger partial charge is 0.490 e. The van der Waals surface area contributed by atoms with E-state index in [9.17, 15) is 4.79 Å². The smallest absolute Gasteiger partial charge is 0.319 e. The first-order chi connectivity index (χ1) is 12.0. The number of benzene rings is 1. The minimum atomic E-state index is -0.269. The first-order valence-electron chi connectivity index (χ1n) is 8.32. The Balaban J connectivity index is 1.64. The zero-order chi connectivity index (χ0) is 18.0. The molecule has 2 aromatic rings. The maximum Gasteiger partial charge on any atom is 0.319 e. The Bertz CT molecular complexity index is 805. The number of pyridine rings is 1. The van der Waals surface area contributed by atoms with Crippen molar-refractivity contribution in [2.75, 3.05) is 12.4 Å². The number of nitrogens with one attached hydrogen (secondary N) is 2. The van der Waals surface area contributed by atoms with Gasteiger partial charge < -0.3 is 20.1 Å². The van der Waals surface area contributed by atoms with E-state index in [4.69, 9.17) is 9.47 Å². The summed E-state index contributed by atoms with van der Waals surface area (Å²) in [6.45, 7) is 6.27. The molecule has 0 aliphatic carbocycles. The minimum Gasteiger partial charge on any atom is -0.490 e. The molecular weight excluding hydrogens is 318 g/mol. The van der Waals surface area contributed by atoms with Crippen LogP contribution in [0.25, 0.3) is 0 Å². The number of rotatable bonds is 4. The Kier molecular flexibility index (Phi) is 4.79. The number of nitrogens with zero attached hydrogens (tertiary/aromatic N) is 1. The van der Waals surface area contributed by atoms with Crippen LogP contribution < -0.4 is 20.1 Å². The number of anilines is 1. The Morgan fingerprint density at radius 3 is 2.92 bits per heavy atom. The van der Waals surface area contributed by atoms with Crippen molar-refractivity contribution in [3.63, 3.8) is 0 Å². The molecule has 6 nitrogen and oxygen atoms in total. The summed E-state index contributed by atoms with van der Waals surface area (Å²) in [5.74, 6) is 1.44. The van der Waals surface area contributed by atoms with Crippen molar-refractivity contribution in [3.05, 3.63) is 46.6 Å². The van der Waals surface area contributed by atoms with E-state index in [0.717, 1.165) is 40.2 Å². The summed E-state index contributed by atoms with van der Waals surface area (Å²) >= 11 is 0. The molecule has 2 N–H and O–H groups in total. The van der Waals surface area contributed by atoms with Gasteiger partial charge in [-0.3, -0.25) is 0 Å². The summed E-state index contributed by atoms with van der Waals surface area (Å²) in [6.07, 6.45) is 1.04. The number of ether oxygens (including phenoxy) is 2. The standard InChI is InChI=1S/C19H23N3O3/c1-11-7-12(2)21-18(24-4)16(11)10-20-19(23)22-15-5-6-17-14(9-15)8-13(3)25-17/h5-7,9,13H,8,10H2,1-4H3,(H2,20,22,23)/t13-/m1/s1. The van der Waals surface area contributed by atoms with Gasteiger partial charge in [-0.15, -0.1) is 0 Å². The fraction of sp³-hybridized carbons (Fsp3) is 0.368. The van der Waals surface area contributed by atoms with Crippen molar-refractivity contribution in [2.45, 2.75) is 39.8 Å². The minimum absolute atomic E-state index is 0.184. The quantitative estimate of drug-likeness (QED) is 0.894. The molecule has 0 fully saturated rings. The van der Waals surface area contributed by atoms with E-state index in [2.05, 4.69) is 15.6 Å². The molecule has 2 amide bonds. The summed E-state index contributed by atoms with van der Waals surface area (Å²) < 4.78 is 11.0. The number of amides is 2. The molecule has 0 radical (unpaired) electrons. The van der Waals surface area contributed by atoms with Gasteiger partial charge in [0.2, 0.25) is 5.88 Å². The highest BCUT2D eigenvalue weighted by molar-refractivity contribution is 5.89. The van der Waals surface area contributed by atoms with Gasteiger partial charge in [-0.05, 0) is 56.2 Å². The predicted molar refractivity (Wildman–Crippen MR) is 96.4 cm³/mol. The normalized spacial score (nSPS) is 15.3. The van der Waals surface area contributed by atoms with Crippen LogP contribution in [0.5, 0.6) is 11.6 Å². The monoisotopic (exact) mass is 341 g/mol. The molecule has 132 valence electrons. The molecule has 2 heterocycles. The van der Waals surface area contributed by atoms with Gasteiger partial charge in [0.1, 0.15) is 11.9 Å². The van der Waals surface area contributed by atoms with Crippen molar-refractivity contribution >= 4 is 11.7 Å². The maximum absolute atomic E-state index is 12.2. The second-order valence-corrected chi connectivity index (χ2v) is 6.33. The second-order valence-electron chi connectivity index (χ2n) is 6.33. The molecule has 1 aliphatic rings. The van der Waals surface area contributed by atoms with Crippen LogP contribution in [-0.4, -0.2) is 24.2 Å². The van der Waals surface area contributed by atoms with E-state index < -0.39 is 0 Å². The fourth-order valence-corrected chi connectivity index (χ4v) is 3.06. The molecule has 6 heteroatoms. The van der Waals surface area contributed by atoms with Gasteiger partial charge >= 0.3 is 6.03 Å². The third-order valence-corrected chi connectivity index (χ3v) is 4.21. The van der Waals surface area contributed by atoms with Crippen molar-refractivity contribution in [1.82, 2.24) is 10.3 Å². The first kappa shape index (κ1) is 17.1. The zero-order valence-electron chi connectivity index (χ0n) is 15.0. The lowest BCUT2D eigenvalue weighted by Crippen LogP contribution is -2.28. The van der Waals surface area contributed by atoms with Crippen LogP contribution in [0.2, 0.25) is 0 Å². The molecule has 1 aromatic carbocycles. The number of fused-ring (bicyclic) bond motifs is 1. The number of urea groups is 1. The number of aromatic nitrogens is 1. The van der Waals surface area contributed by atoms with E-state index in [1.807, 2.05) is 45.0 Å². The lowest BCUT2D eigenvalue weighted by atomic mass is 10.1. The Labute approximate surface area is 147 Å². The number of aryl methyl sites for hydroxylation is 2. The highest BCUT2D eigenvalue weighted by Crippen LogP contribution is 2.31. The lowest BCUT2D eigenvalue weighted by molar-refractivity contribution is 0.251. The first-order valence-corrected chi connectivity index (χ1v) is 8.32.